The standard InChI is InChI=1S/C20H24N2O4/c1-3-13-25-17-9-11-18(12-10-17)26-14-20(24)22-16-7-5-15(6-8-16)21-19(23)4-2/h5-12H,3-4,13-14H2,1-2H3,(H,21,23)(H,22,24). The van der Waals surface area contributed by atoms with E-state index in [2.05, 4.69) is 10.6 Å². The molecule has 0 heterocycles. The molecule has 0 spiro atoms. The molecule has 138 valence electrons. The molecule has 0 aromatic heterocycles. The summed E-state index contributed by atoms with van der Waals surface area (Å²) in [5.41, 5.74) is 1.33. The van der Waals surface area contributed by atoms with E-state index < -0.39 is 0 Å². The largest absolute Gasteiger partial charge is 0.494 e. The highest BCUT2D eigenvalue weighted by atomic mass is 16.5. The molecule has 0 fully saturated rings. The lowest BCUT2D eigenvalue weighted by molar-refractivity contribution is -0.118. The first-order chi connectivity index (χ1) is 12.6. The van der Waals surface area contributed by atoms with Crippen LogP contribution in [-0.4, -0.2) is 25.0 Å². The number of amides is 2. The highest BCUT2D eigenvalue weighted by Gasteiger charge is 2.05. The molecular weight excluding hydrogens is 332 g/mol. The average Bonchev–Trinajstić information content (AvgIpc) is 2.67. The van der Waals surface area contributed by atoms with Crippen LogP contribution in [0.5, 0.6) is 11.5 Å². The predicted molar refractivity (Wildman–Crippen MR) is 102 cm³/mol. The molecule has 2 aromatic rings. The lowest BCUT2D eigenvalue weighted by Crippen LogP contribution is -2.20. The number of anilines is 2. The summed E-state index contributed by atoms with van der Waals surface area (Å²) in [5, 5.41) is 5.49. The van der Waals surface area contributed by atoms with Gasteiger partial charge in [-0.05, 0) is 55.0 Å². The fourth-order valence-corrected chi connectivity index (χ4v) is 2.08. The maximum Gasteiger partial charge on any atom is 0.262 e. The number of hydrogen-bond donors (Lipinski definition) is 2. The van der Waals surface area contributed by atoms with Crippen molar-refractivity contribution < 1.29 is 19.1 Å². The second-order valence-corrected chi connectivity index (χ2v) is 5.64. The monoisotopic (exact) mass is 356 g/mol. The van der Waals surface area contributed by atoms with Gasteiger partial charge in [0.15, 0.2) is 6.61 Å². The van der Waals surface area contributed by atoms with Crippen molar-refractivity contribution >= 4 is 23.2 Å². The third-order valence-electron chi connectivity index (χ3n) is 3.44. The van der Waals surface area contributed by atoms with Crippen LogP contribution in [0.15, 0.2) is 48.5 Å². The first kappa shape index (κ1) is 19.3. The molecule has 0 bridgehead atoms. The second kappa shape index (κ2) is 10.1. The quantitative estimate of drug-likeness (QED) is 0.716. The minimum absolute atomic E-state index is 0.0544. The summed E-state index contributed by atoms with van der Waals surface area (Å²) in [5.74, 6) is 1.06. The number of nitrogens with one attached hydrogen (secondary N) is 2. The number of ether oxygens (including phenoxy) is 2. The summed E-state index contributed by atoms with van der Waals surface area (Å²) < 4.78 is 11.0. The first-order valence-corrected chi connectivity index (χ1v) is 8.66. The number of hydrogen-bond acceptors (Lipinski definition) is 4. The molecule has 0 saturated carbocycles. The highest BCUT2D eigenvalue weighted by Crippen LogP contribution is 2.18. The van der Waals surface area contributed by atoms with Gasteiger partial charge in [0.1, 0.15) is 11.5 Å². The average molecular weight is 356 g/mol. The fraction of sp³-hybridized carbons (Fsp3) is 0.300. The van der Waals surface area contributed by atoms with Gasteiger partial charge in [0.05, 0.1) is 6.61 Å². The van der Waals surface area contributed by atoms with Crippen molar-refractivity contribution in [2.24, 2.45) is 0 Å². The summed E-state index contributed by atoms with van der Waals surface area (Å²) in [7, 11) is 0. The van der Waals surface area contributed by atoms with Crippen molar-refractivity contribution in [3.8, 4) is 11.5 Å². The van der Waals surface area contributed by atoms with Gasteiger partial charge in [0, 0.05) is 17.8 Å². The number of carbonyl (C=O) groups is 2. The van der Waals surface area contributed by atoms with Crippen LogP contribution in [0.25, 0.3) is 0 Å². The van der Waals surface area contributed by atoms with Crippen molar-refractivity contribution in [1.29, 1.82) is 0 Å². The lowest BCUT2D eigenvalue weighted by atomic mass is 10.2. The van der Waals surface area contributed by atoms with Crippen molar-refractivity contribution in [3.05, 3.63) is 48.5 Å². The van der Waals surface area contributed by atoms with Crippen LogP contribution in [0.1, 0.15) is 26.7 Å². The van der Waals surface area contributed by atoms with E-state index in [4.69, 9.17) is 9.47 Å². The van der Waals surface area contributed by atoms with Crippen LogP contribution >= 0.6 is 0 Å². The van der Waals surface area contributed by atoms with Crippen molar-refractivity contribution in [1.82, 2.24) is 0 Å². The SMILES string of the molecule is CCCOc1ccc(OCC(=O)Nc2ccc(NC(=O)CC)cc2)cc1. The maximum atomic E-state index is 12.0. The van der Waals surface area contributed by atoms with Crippen LogP contribution in [0.4, 0.5) is 11.4 Å². The second-order valence-electron chi connectivity index (χ2n) is 5.64. The Kier molecular flexibility index (Phi) is 7.49. The Hall–Kier alpha value is -3.02. The molecule has 2 rings (SSSR count). The Morgan fingerprint density at radius 1 is 0.769 bits per heavy atom. The van der Waals surface area contributed by atoms with E-state index in [1.807, 2.05) is 19.1 Å². The molecule has 2 N–H and O–H groups in total. The summed E-state index contributed by atoms with van der Waals surface area (Å²) in [4.78, 5) is 23.3. The Bertz CT molecular complexity index is 712. The molecule has 0 unspecified atom stereocenters. The van der Waals surface area contributed by atoms with Gasteiger partial charge in [-0.3, -0.25) is 9.59 Å². The van der Waals surface area contributed by atoms with Crippen LogP contribution in [-0.2, 0) is 9.59 Å². The first-order valence-electron chi connectivity index (χ1n) is 8.66. The van der Waals surface area contributed by atoms with Crippen LogP contribution in [0.3, 0.4) is 0 Å². The fourth-order valence-electron chi connectivity index (χ4n) is 2.08. The zero-order valence-corrected chi connectivity index (χ0v) is 15.1. The molecule has 2 aromatic carbocycles. The molecule has 0 saturated heterocycles. The zero-order valence-electron chi connectivity index (χ0n) is 15.1. The van der Waals surface area contributed by atoms with E-state index in [0.29, 0.717) is 30.2 Å². The van der Waals surface area contributed by atoms with Crippen molar-refractivity contribution in [2.75, 3.05) is 23.8 Å². The minimum atomic E-state index is -0.262. The minimum Gasteiger partial charge on any atom is -0.494 e. The Labute approximate surface area is 153 Å². The Morgan fingerprint density at radius 2 is 1.27 bits per heavy atom. The molecule has 26 heavy (non-hydrogen) atoms. The molecule has 6 heteroatoms. The summed E-state index contributed by atoms with van der Waals surface area (Å²) in [6.07, 6.45) is 1.37. The molecular formula is C20H24N2O4. The Balaban J connectivity index is 1.78. The molecule has 0 radical (unpaired) electrons. The van der Waals surface area contributed by atoms with Gasteiger partial charge in [-0.15, -0.1) is 0 Å². The molecule has 0 aliphatic heterocycles. The summed E-state index contributed by atoms with van der Waals surface area (Å²) in [6.45, 7) is 4.41. The highest BCUT2D eigenvalue weighted by molar-refractivity contribution is 5.93. The smallest absolute Gasteiger partial charge is 0.262 e. The van der Waals surface area contributed by atoms with Gasteiger partial charge in [-0.2, -0.15) is 0 Å². The van der Waals surface area contributed by atoms with E-state index in [-0.39, 0.29) is 18.4 Å². The van der Waals surface area contributed by atoms with Gasteiger partial charge >= 0.3 is 0 Å². The van der Waals surface area contributed by atoms with Gasteiger partial charge in [0.25, 0.3) is 5.91 Å². The van der Waals surface area contributed by atoms with Crippen LogP contribution in [0.2, 0.25) is 0 Å². The lowest BCUT2D eigenvalue weighted by Gasteiger charge is -2.09. The predicted octanol–water partition coefficient (Wildman–Crippen LogP) is 3.84. The molecule has 0 atom stereocenters. The summed E-state index contributed by atoms with van der Waals surface area (Å²) >= 11 is 0. The van der Waals surface area contributed by atoms with Crippen molar-refractivity contribution in [3.63, 3.8) is 0 Å². The normalized spacial score (nSPS) is 10.1. The molecule has 2 amide bonds. The third kappa shape index (κ3) is 6.47. The van der Waals surface area contributed by atoms with Gasteiger partial charge < -0.3 is 20.1 Å². The van der Waals surface area contributed by atoms with Gasteiger partial charge in [0.2, 0.25) is 5.91 Å². The number of rotatable bonds is 9. The van der Waals surface area contributed by atoms with Gasteiger partial charge in [-0.25, -0.2) is 0 Å². The van der Waals surface area contributed by atoms with E-state index in [0.717, 1.165) is 12.2 Å². The van der Waals surface area contributed by atoms with E-state index in [1.165, 1.54) is 0 Å². The van der Waals surface area contributed by atoms with E-state index in [9.17, 15) is 9.59 Å². The molecule has 6 nitrogen and oxygen atoms in total. The Morgan fingerprint density at radius 3 is 1.77 bits per heavy atom. The molecule has 0 aliphatic rings. The molecule has 0 aliphatic carbocycles. The van der Waals surface area contributed by atoms with Crippen molar-refractivity contribution in [2.45, 2.75) is 26.7 Å². The van der Waals surface area contributed by atoms with Crippen LogP contribution in [0, 0.1) is 0 Å². The van der Waals surface area contributed by atoms with Gasteiger partial charge in [-0.1, -0.05) is 13.8 Å². The number of benzene rings is 2. The van der Waals surface area contributed by atoms with E-state index in [1.54, 1.807) is 43.3 Å². The number of carbonyl (C=O) groups excluding carboxylic acids is 2. The van der Waals surface area contributed by atoms with Crippen LogP contribution < -0.4 is 20.1 Å². The topological polar surface area (TPSA) is 76.7 Å². The zero-order chi connectivity index (χ0) is 18.8. The summed E-state index contributed by atoms with van der Waals surface area (Å²) in [6, 6.07) is 14.1. The van der Waals surface area contributed by atoms with E-state index >= 15 is 0 Å². The maximum absolute atomic E-state index is 12.0. The third-order valence-corrected chi connectivity index (χ3v) is 3.44.